The monoisotopic (exact) mass is 935 g/mol. The van der Waals surface area contributed by atoms with E-state index in [0.717, 1.165) is 62.5 Å². The van der Waals surface area contributed by atoms with Crippen molar-refractivity contribution in [2.75, 3.05) is 10.6 Å². The Morgan fingerprint density at radius 3 is 1.61 bits per heavy atom. The second kappa shape index (κ2) is 22.0. The van der Waals surface area contributed by atoms with Gasteiger partial charge in [-0.1, -0.05) is 49.4 Å². The minimum Gasteiger partial charge on any atom is -0.444 e. The van der Waals surface area contributed by atoms with Gasteiger partial charge in [0.2, 0.25) is 11.9 Å². The van der Waals surface area contributed by atoms with E-state index < -0.39 is 11.7 Å². The Bertz CT molecular complexity index is 2840. The molecule has 8 rings (SSSR count). The Balaban J connectivity index is 0.000000175. The normalized spacial score (nSPS) is 13.7. The summed E-state index contributed by atoms with van der Waals surface area (Å²) in [7, 11) is 3.47. The number of hydrogen-bond acceptors (Lipinski definition) is 13. The second-order valence-corrected chi connectivity index (χ2v) is 19.1. The highest BCUT2D eigenvalue weighted by Crippen LogP contribution is 2.36. The first-order chi connectivity index (χ1) is 32.6. The lowest BCUT2D eigenvalue weighted by atomic mass is 9.77. The summed E-state index contributed by atoms with van der Waals surface area (Å²) in [6.45, 7) is 23.2. The largest absolute Gasteiger partial charge is 0.494 e. The zero-order valence-electron chi connectivity index (χ0n) is 42.3. The van der Waals surface area contributed by atoms with Gasteiger partial charge < -0.3 is 35.7 Å². The van der Waals surface area contributed by atoms with Crippen LogP contribution in [0.1, 0.15) is 88.8 Å². The predicted octanol–water partition coefficient (Wildman–Crippen LogP) is 9.20. The van der Waals surface area contributed by atoms with E-state index in [4.69, 9.17) is 19.8 Å². The average Bonchev–Trinajstić information content (AvgIpc) is 3.97. The molecule has 3 aromatic carbocycles. The van der Waals surface area contributed by atoms with E-state index in [9.17, 15) is 4.79 Å². The van der Waals surface area contributed by atoms with E-state index in [2.05, 4.69) is 119 Å². The van der Waals surface area contributed by atoms with Crippen LogP contribution >= 0.6 is 0 Å². The number of nitrogens with zero attached hydrogens (tertiary/aromatic N) is 8. The highest BCUT2D eigenvalue weighted by atomic mass is 16.7. The van der Waals surface area contributed by atoms with Crippen LogP contribution in [0.3, 0.4) is 0 Å². The summed E-state index contributed by atoms with van der Waals surface area (Å²) >= 11 is 0. The van der Waals surface area contributed by atoms with Crippen LogP contribution in [0, 0.1) is 20.8 Å². The van der Waals surface area contributed by atoms with Crippen molar-refractivity contribution in [1.82, 2.24) is 44.8 Å². The van der Waals surface area contributed by atoms with Gasteiger partial charge >= 0.3 is 13.2 Å². The van der Waals surface area contributed by atoms with Gasteiger partial charge in [0.05, 0.1) is 46.4 Å². The maximum Gasteiger partial charge on any atom is 0.494 e. The van der Waals surface area contributed by atoms with Crippen LogP contribution < -0.4 is 27.1 Å². The fraction of sp³-hybridized carbons (Fsp3) is 0.365. The number of hydrogen-bond donors (Lipinski definition) is 4. The van der Waals surface area contributed by atoms with Crippen molar-refractivity contribution in [3.63, 3.8) is 0 Å². The predicted molar refractivity (Wildman–Crippen MR) is 275 cm³/mol. The minimum absolute atomic E-state index is 0.250. The van der Waals surface area contributed by atoms with E-state index in [1.54, 1.807) is 34.2 Å². The summed E-state index contributed by atoms with van der Waals surface area (Å²) in [5.74, 6) is 1.05. The number of carbonyl (C=O) groups excluding carboxylic acids is 1. The fourth-order valence-electron chi connectivity index (χ4n) is 7.25. The zero-order chi connectivity index (χ0) is 50.1. The minimum atomic E-state index is -0.516. The lowest BCUT2D eigenvalue weighted by molar-refractivity contribution is 0.00578. The molecule has 17 heteroatoms. The molecular weight excluding hydrogens is 867 g/mol. The molecule has 0 saturated carbocycles. The molecule has 1 saturated heterocycles. The average molecular weight is 935 g/mol. The summed E-state index contributed by atoms with van der Waals surface area (Å²) in [6, 6.07) is 22.4. The first-order valence-corrected chi connectivity index (χ1v) is 23.1. The number of aromatic nitrogens is 8. The molecule has 0 unspecified atom stereocenters. The number of aryl methyl sites for hydroxylation is 6. The zero-order valence-corrected chi connectivity index (χ0v) is 42.3. The van der Waals surface area contributed by atoms with Crippen LogP contribution in [0.15, 0.2) is 104 Å². The third-order valence-electron chi connectivity index (χ3n) is 11.8. The van der Waals surface area contributed by atoms with Gasteiger partial charge in [-0.2, -0.15) is 10.2 Å². The van der Waals surface area contributed by atoms with Gasteiger partial charge in [-0.25, -0.2) is 24.7 Å². The van der Waals surface area contributed by atoms with Gasteiger partial charge in [-0.15, -0.1) is 0 Å². The van der Waals surface area contributed by atoms with Gasteiger partial charge in [-0.3, -0.25) is 9.36 Å². The van der Waals surface area contributed by atoms with Crippen molar-refractivity contribution in [3.05, 3.63) is 137 Å². The third kappa shape index (κ3) is 14.1. The molecule has 16 nitrogen and oxygen atoms in total. The van der Waals surface area contributed by atoms with Gasteiger partial charge in [0.25, 0.3) is 0 Å². The Hall–Kier alpha value is -6.95. The maximum absolute atomic E-state index is 11.9. The van der Waals surface area contributed by atoms with Crippen molar-refractivity contribution in [3.8, 4) is 22.5 Å². The topological polar surface area (TPSA) is 194 Å². The van der Waals surface area contributed by atoms with E-state index >= 15 is 0 Å². The van der Waals surface area contributed by atoms with Crippen molar-refractivity contribution in [2.45, 2.75) is 112 Å². The lowest BCUT2D eigenvalue weighted by Gasteiger charge is -2.32. The quantitative estimate of drug-likeness (QED) is 0.0898. The summed E-state index contributed by atoms with van der Waals surface area (Å²) in [5.41, 5.74) is 18.2. The molecular formula is C52H67BN12O4. The van der Waals surface area contributed by atoms with E-state index in [1.807, 2.05) is 96.6 Å². The smallest absolute Gasteiger partial charge is 0.444 e. The molecule has 0 radical (unpaired) electrons. The Kier molecular flexibility index (Phi) is 16.4. The number of benzene rings is 3. The Labute approximate surface area is 407 Å². The van der Waals surface area contributed by atoms with E-state index in [-0.39, 0.29) is 18.3 Å². The number of anilines is 4. The highest BCUT2D eigenvalue weighted by molar-refractivity contribution is 6.62. The van der Waals surface area contributed by atoms with Crippen LogP contribution in [0.5, 0.6) is 0 Å². The first kappa shape index (κ1) is 51.4. The molecule has 69 heavy (non-hydrogen) atoms. The number of amides is 1. The van der Waals surface area contributed by atoms with Crippen LogP contribution in [0.2, 0.25) is 0 Å². The lowest BCUT2D eigenvalue weighted by Crippen LogP contribution is -2.41. The van der Waals surface area contributed by atoms with Crippen molar-refractivity contribution in [2.24, 2.45) is 19.8 Å². The Morgan fingerprint density at radius 1 is 0.710 bits per heavy atom. The number of carbonyl (C=O) groups is 1. The summed E-state index contributed by atoms with van der Waals surface area (Å²) in [4.78, 5) is 29.5. The number of nitrogens with one attached hydrogen (secondary N) is 3. The van der Waals surface area contributed by atoms with Gasteiger partial charge in [0.15, 0.2) is 0 Å². The van der Waals surface area contributed by atoms with Crippen molar-refractivity contribution >= 4 is 41.9 Å². The van der Waals surface area contributed by atoms with Gasteiger partial charge in [0.1, 0.15) is 5.60 Å². The second-order valence-electron chi connectivity index (χ2n) is 19.1. The molecule has 362 valence electrons. The number of rotatable bonds is 11. The molecule has 5 heterocycles. The van der Waals surface area contributed by atoms with Crippen LogP contribution in [-0.4, -0.2) is 69.5 Å². The molecule has 1 aliphatic heterocycles. The summed E-state index contributed by atoms with van der Waals surface area (Å²) < 4.78 is 20.8. The van der Waals surface area contributed by atoms with Crippen LogP contribution in [0.25, 0.3) is 22.5 Å². The molecule has 5 N–H and O–H groups in total. The molecule has 0 atom stereocenters. The molecule has 0 aliphatic carbocycles. The molecule has 1 aliphatic rings. The third-order valence-corrected chi connectivity index (χ3v) is 11.8. The standard InChI is InChI=1S/C21H26N6O2.C16H18N6.C15H23BO2/c1-14-10-15(6-7-16(14)11-23-20(28)29-21(2,3)4)18-8-9-22-19(26-18)25-17-12-24-27(5)13-17;1-11-7-12(3-4-13(11)8-17)15-5-6-18-16(21-15)20-14-9-19-22(2)10-14;1-7-12-8-9-13(10-11(12)2)16-17-14(3,4)15(5,6)18-16/h6-10,12-13H,11H2,1-5H3,(H,23,28)(H,22,25,26);3-7,9-10H,8,17H2,1-2H3,(H,18,20,21);8-10H,7H2,1-6H3. The van der Waals surface area contributed by atoms with Crippen molar-refractivity contribution < 1.29 is 18.8 Å². The van der Waals surface area contributed by atoms with Gasteiger partial charge in [-0.05, 0) is 139 Å². The van der Waals surface area contributed by atoms with Crippen LogP contribution in [0.4, 0.5) is 28.1 Å². The SMILES string of the molecule is CCc1ccc(B2OC(C)(C)C(C)(C)O2)cc1C.Cc1cc(-c2ccnc(Nc3cnn(C)c3)n2)ccc1CN.Cc1cc(-c2ccnc(Nc3cnn(C)c3)n2)ccc1CNC(=O)OC(C)(C)C. The summed E-state index contributed by atoms with van der Waals surface area (Å²) in [5, 5.41) is 17.3. The maximum atomic E-state index is 11.9. The number of ether oxygens (including phenoxy) is 1. The van der Waals surface area contributed by atoms with E-state index in [1.165, 1.54) is 16.7 Å². The van der Waals surface area contributed by atoms with Crippen molar-refractivity contribution in [1.29, 1.82) is 0 Å². The molecule has 4 aromatic heterocycles. The molecule has 7 aromatic rings. The highest BCUT2D eigenvalue weighted by Gasteiger charge is 2.51. The van der Waals surface area contributed by atoms with Crippen LogP contribution in [-0.2, 0) is 47.7 Å². The summed E-state index contributed by atoms with van der Waals surface area (Å²) in [6.07, 6.45) is 11.3. The first-order valence-electron chi connectivity index (χ1n) is 23.1. The number of alkyl carbamates (subject to hydrolysis) is 1. The molecule has 1 amide bonds. The molecule has 0 bridgehead atoms. The Morgan fingerprint density at radius 2 is 1.19 bits per heavy atom. The molecule has 0 spiro atoms. The fourth-order valence-corrected chi connectivity index (χ4v) is 7.25. The molecule has 1 fully saturated rings. The van der Waals surface area contributed by atoms with Gasteiger partial charge in [0, 0.05) is 63.1 Å². The number of nitrogens with two attached hydrogens (primary N) is 1. The van der Waals surface area contributed by atoms with E-state index in [0.29, 0.717) is 25.0 Å².